The van der Waals surface area contributed by atoms with Gasteiger partial charge in [0.1, 0.15) is 0 Å². The van der Waals surface area contributed by atoms with Crippen LogP contribution in [-0.2, 0) is 6.42 Å². The summed E-state index contributed by atoms with van der Waals surface area (Å²) in [6, 6.07) is 27.4. The zero-order chi connectivity index (χ0) is 22.0. The van der Waals surface area contributed by atoms with Gasteiger partial charge in [0.15, 0.2) is 0 Å². The smallest absolute Gasteiger partial charge is 0.336 e. The molecule has 0 aliphatic heterocycles. The SMILES string of the molecule is Cc1c(C)c(C(=O)O)c2c(ccc3ccccc32)c1-c1cccc2c1Cc1ccccc1-2. The Morgan fingerprint density at radius 3 is 2.28 bits per heavy atom. The highest BCUT2D eigenvalue weighted by molar-refractivity contribution is 6.21. The van der Waals surface area contributed by atoms with Crippen LogP contribution < -0.4 is 0 Å². The normalized spacial score (nSPS) is 12.2. The number of carbonyl (C=O) groups is 1. The number of hydrogen-bond donors (Lipinski definition) is 1. The highest BCUT2D eigenvalue weighted by atomic mass is 16.4. The first kappa shape index (κ1) is 18.8. The van der Waals surface area contributed by atoms with E-state index in [4.69, 9.17) is 0 Å². The minimum atomic E-state index is -0.871. The van der Waals surface area contributed by atoms with Crippen molar-refractivity contribution < 1.29 is 9.90 Å². The number of fused-ring (bicyclic) bond motifs is 6. The van der Waals surface area contributed by atoms with Crippen LogP contribution >= 0.6 is 0 Å². The number of carboxylic acids is 1. The van der Waals surface area contributed by atoms with Crippen molar-refractivity contribution in [2.75, 3.05) is 0 Å². The zero-order valence-electron chi connectivity index (χ0n) is 18.1. The summed E-state index contributed by atoms with van der Waals surface area (Å²) in [6.07, 6.45) is 0.899. The molecule has 0 saturated heterocycles. The molecule has 2 nitrogen and oxygen atoms in total. The van der Waals surface area contributed by atoms with Crippen LogP contribution in [0.25, 0.3) is 43.8 Å². The van der Waals surface area contributed by atoms with Gasteiger partial charge < -0.3 is 5.11 Å². The molecule has 0 atom stereocenters. The molecule has 154 valence electrons. The standard InChI is InChI=1S/C30H22O2/c1-17-18(2)28(30(31)32)29-22-11-6-3-8-19(22)14-15-25(29)27(17)24-13-7-12-23-21-10-5-4-9-20(21)16-26(23)24/h3-15H,16H2,1-2H3,(H,31,32). The van der Waals surface area contributed by atoms with Gasteiger partial charge in [0.05, 0.1) is 5.56 Å². The molecule has 2 heteroatoms. The Hall–Kier alpha value is -3.91. The van der Waals surface area contributed by atoms with Gasteiger partial charge in [-0.3, -0.25) is 0 Å². The van der Waals surface area contributed by atoms with Crippen LogP contribution in [0, 0.1) is 13.8 Å². The van der Waals surface area contributed by atoms with E-state index < -0.39 is 5.97 Å². The molecule has 0 bridgehead atoms. The van der Waals surface area contributed by atoms with E-state index in [9.17, 15) is 9.90 Å². The van der Waals surface area contributed by atoms with E-state index in [1.807, 2.05) is 31.2 Å². The summed E-state index contributed by atoms with van der Waals surface area (Å²) in [7, 11) is 0. The molecule has 0 aromatic heterocycles. The Balaban J connectivity index is 1.77. The minimum Gasteiger partial charge on any atom is -0.478 e. The summed E-state index contributed by atoms with van der Waals surface area (Å²) < 4.78 is 0. The van der Waals surface area contributed by atoms with Gasteiger partial charge in [-0.05, 0) is 80.9 Å². The van der Waals surface area contributed by atoms with Crippen LogP contribution in [0.1, 0.15) is 32.6 Å². The van der Waals surface area contributed by atoms with E-state index in [2.05, 4.69) is 61.5 Å². The van der Waals surface area contributed by atoms with E-state index >= 15 is 0 Å². The maximum absolute atomic E-state index is 12.4. The van der Waals surface area contributed by atoms with Crippen molar-refractivity contribution in [3.8, 4) is 22.3 Å². The molecular formula is C30H22O2. The largest absolute Gasteiger partial charge is 0.478 e. The lowest BCUT2D eigenvalue weighted by Gasteiger charge is -2.20. The molecule has 5 aromatic carbocycles. The summed E-state index contributed by atoms with van der Waals surface area (Å²) in [6.45, 7) is 4.01. The van der Waals surface area contributed by atoms with E-state index in [0.29, 0.717) is 5.56 Å². The second kappa shape index (κ2) is 6.80. The van der Waals surface area contributed by atoms with E-state index in [1.54, 1.807) is 0 Å². The van der Waals surface area contributed by atoms with Crippen molar-refractivity contribution in [1.29, 1.82) is 0 Å². The molecule has 0 heterocycles. The van der Waals surface area contributed by atoms with Crippen LogP contribution in [0.15, 0.2) is 78.9 Å². The van der Waals surface area contributed by atoms with Crippen molar-refractivity contribution in [3.05, 3.63) is 107 Å². The average Bonchev–Trinajstić information content (AvgIpc) is 3.19. The molecule has 0 fully saturated rings. The Kier molecular flexibility index (Phi) is 4.00. The lowest BCUT2D eigenvalue weighted by atomic mass is 9.83. The van der Waals surface area contributed by atoms with Gasteiger partial charge in [-0.2, -0.15) is 0 Å². The zero-order valence-corrected chi connectivity index (χ0v) is 18.1. The van der Waals surface area contributed by atoms with Crippen molar-refractivity contribution in [1.82, 2.24) is 0 Å². The first-order valence-corrected chi connectivity index (χ1v) is 10.9. The lowest BCUT2D eigenvalue weighted by Crippen LogP contribution is -2.06. The van der Waals surface area contributed by atoms with E-state index in [0.717, 1.165) is 44.7 Å². The van der Waals surface area contributed by atoms with Crippen LogP contribution in [0.3, 0.4) is 0 Å². The molecule has 1 N–H and O–H groups in total. The lowest BCUT2D eigenvalue weighted by molar-refractivity contribution is 0.0698. The second-order valence-corrected chi connectivity index (χ2v) is 8.68. The monoisotopic (exact) mass is 414 g/mol. The third-order valence-corrected chi connectivity index (χ3v) is 7.09. The summed E-state index contributed by atoms with van der Waals surface area (Å²) >= 11 is 0. The third-order valence-electron chi connectivity index (χ3n) is 7.09. The predicted molar refractivity (Wildman–Crippen MR) is 132 cm³/mol. The Morgan fingerprint density at radius 2 is 1.44 bits per heavy atom. The summed E-state index contributed by atoms with van der Waals surface area (Å²) in [4.78, 5) is 12.4. The Labute approximate surface area is 186 Å². The van der Waals surface area contributed by atoms with Crippen molar-refractivity contribution in [2.45, 2.75) is 20.3 Å². The van der Waals surface area contributed by atoms with Crippen molar-refractivity contribution >= 4 is 27.5 Å². The van der Waals surface area contributed by atoms with Crippen LogP contribution in [0.2, 0.25) is 0 Å². The topological polar surface area (TPSA) is 37.3 Å². The molecule has 0 amide bonds. The molecule has 0 radical (unpaired) electrons. The van der Waals surface area contributed by atoms with Crippen molar-refractivity contribution in [3.63, 3.8) is 0 Å². The van der Waals surface area contributed by atoms with Crippen LogP contribution in [0.5, 0.6) is 0 Å². The maximum Gasteiger partial charge on any atom is 0.336 e. The number of benzene rings is 5. The number of hydrogen-bond acceptors (Lipinski definition) is 1. The highest BCUT2D eigenvalue weighted by Crippen LogP contribution is 2.46. The number of rotatable bonds is 2. The van der Waals surface area contributed by atoms with Gasteiger partial charge in [-0.15, -0.1) is 0 Å². The summed E-state index contributed by atoms with van der Waals surface area (Å²) in [5, 5.41) is 14.1. The van der Waals surface area contributed by atoms with Gasteiger partial charge in [0.25, 0.3) is 0 Å². The van der Waals surface area contributed by atoms with Gasteiger partial charge in [0.2, 0.25) is 0 Å². The molecule has 32 heavy (non-hydrogen) atoms. The van der Waals surface area contributed by atoms with E-state index in [-0.39, 0.29) is 0 Å². The Bertz CT molecular complexity index is 1590. The highest BCUT2D eigenvalue weighted by Gasteiger charge is 2.26. The summed E-state index contributed by atoms with van der Waals surface area (Å²) in [5.74, 6) is -0.871. The Morgan fingerprint density at radius 1 is 0.719 bits per heavy atom. The van der Waals surface area contributed by atoms with Crippen LogP contribution in [-0.4, -0.2) is 11.1 Å². The van der Waals surface area contributed by atoms with Gasteiger partial charge >= 0.3 is 5.97 Å². The maximum atomic E-state index is 12.4. The van der Waals surface area contributed by atoms with Gasteiger partial charge in [-0.25, -0.2) is 4.79 Å². The fourth-order valence-electron chi connectivity index (χ4n) is 5.52. The molecular weight excluding hydrogens is 392 g/mol. The molecule has 0 saturated carbocycles. The van der Waals surface area contributed by atoms with Crippen molar-refractivity contribution in [2.24, 2.45) is 0 Å². The van der Waals surface area contributed by atoms with E-state index in [1.165, 1.54) is 27.8 Å². The molecule has 5 aromatic rings. The van der Waals surface area contributed by atoms with Crippen LogP contribution in [0.4, 0.5) is 0 Å². The number of carboxylic acid groups (broad SMARTS) is 1. The molecule has 1 aliphatic rings. The second-order valence-electron chi connectivity index (χ2n) is 8.68. The minimum absolute atomic E-state index is 0.411. The molecule has 0 unspecified atom stereocenters. The number of aromatic carboxylic acids is 1. The molecule has 6 rings (SSSR count). The first-order chi connectivity index (χ1) is 15.6. The average molecular weight is 415 g/mol. The third kappa shape index (κ3) is 2.50. The molecule has 0 spiro atoms. The first-order valence-electron chi connectivity index (χ1n) is 10.9. The van der Waals surface area contributed by atoms with Gasteiger partial charge in [-0.1, -0.05) is 78.9 Å². The quantitative estimate of drug-likeness (QED) is 0.297. The van der Waals surface area contributed by atoms with Gasteiger partial charge in [0, 0.05) is 5.39 Å². The summed E-state index contributed by atoms with van der Waals surface area (Å²) in [5.41, 5.74) is 9.90. The molecule has 1 aliphatic carbocycles. The fourth-order valence-corrected chi connectivity index (χ4v) is 5.52. The predicted octanol–water partition coefficient (Wildman–Crippen LogP) is 7.55. The fraction of sp³-hybridized carbons (Fsp3) is 0.100.